The van der Waals surface area contributed by atoms with Gasteiger partial charge in [-0.05, 0) is 45.2 Å². The summed E-state index contributed by atoms with van der Waals surface area (Å²) in [5.74, 6) is 0.210. The molecule has 10 nitrogen and oxygen atoms in total. The molecule has 2 N–H and O–H groups in total. The number of thiophene rings is 1. The Labute approximate surface area is 212 Å². The van der Waals surface area contributed by atoms with Crippen LogP contribution < -0.4 is 20.3 Å². The summed E-state index contributed by atoms with van der Waals surface area (Å²) in [7, 11) is 0. The molecule has 11 heteroatoms. The summed E-state index contributed by atoms with van der Waals surface area (Å²) in [5.41, 5.74) is 2.54. The van der Waals surface area contributed by atoms with Gasteiger partial charge in [-0.25, -0.2) is 14.8 Å². The van der Waals surface area contributed by atoms with Crippen molar-refractivity contribution in [2.45, 2.75) is 52.7 Å². The average molecular weight is 509 g/mol. The van der Waals surface area contributed by atoms with E-state index in [2.05, 4.69) is 20.6 Å². The lowest BCUT2D eigenvalue weighted by atomic mass is 10.1. The van der Waals surface area contributed by atoms with Crippen LogP contribution in [-0.2, 0) is 4.79 Å². The minimum Gasteiger partial charge on any atom is -0.475 e. The highest BCUT2D eigenvalue weighted by atomic mass is 32.1. The molecule has 0 saturated carbocycles. The Bertz CT molecular complexity index is 1370. The monoisotopic (exact) mass is 508 g/mol. The minimum absolute atomic E-state index is 0.000634. The molecule has 0 bridgehead atoms. The number of hydrogen-bond acceptors (Lipinski definition) is 7. The van der Waals surface area contributed by atoms with Crippen LogP contribution >= 0.6 is 11.3 Å². The quantitative estimate of drug-likeness (QED) is 0.533. The van der Waals surface area contributed by atoms with Gasteiger partial charge in [0, 0.05) is 38.3 Å². The smallest absolute Gasteiger partial charge is 0.331 e. The van der Waals surface area contributed by atoms with E-state index in [1.165, 1.54) is 18.3 Å². The molecule has 3 aromatic rings. The molecule has 1 fully saturated rings. The molecular formula is C25H28N6O4S. The van der Waals surface area contributed by atoms with Gasteiger partial charge in [0.15, 0.2) is 0 Å². The fourth-order valence-corrected chi connectivity index (χ4v) is 5.70. The first-order chi connectivity index (χ1) is 17.2. The maximum Gasteiger partial charge on any atom is 0.331 e. The van der Waals surface area contributed by atoms with E-state index in [1.807, 2.05) is 20.8 Å². The molecule has 0 unspecified atom stereocenters. The zero-order chi connectivity index (χ0) is 25.6. The van der Waals surface area contributed by atoms with Gasteiger partial charge >= 0.3 is 6.03 Å². The number of urea groups is 1. The summed E-state index contributed by atoms with van der Waals surface area (Å²) >= 11 is 1.24. The average Bonchev–Trinajstić information content (AvgIpc) is 3.19. The fourth-order valence-electron chi connectivity index (χ4n) is 4.68. The van der Waals surface area contributed by atoms with E-state index < -0.39 is 0 Å². The summed E-state index contributed by atoms with van der Waals surface area (Å²) in [6, 6.07) is 3.04. The molecule has 0 radical (unpaired) electrons. The Balaban J connectivity index is 1.48. The number of hydrogen-bond donors (Lipinski definition) is 2. The summed E-state index contributed by atoms with van der Waals surface area (Å²) in [6.45, 7) is 8.47. The van der Waals surface area contributed by atoms with Gasteiger partial charge in [-0.2, -0.15) is 0 Å². The second kappa shape index (κ2) is 9.38. The number of amides is 4. The number of carbonyl (C=O) groups is 3. The highest BCUT2D eigenvalue weighted by Gasteiger charge is 2.34. The minimum atomic E-state index is -0.384. The van der Waals surface area contributed by atoms with Gasteiger partial charge < -0.3 is 20.3 Å². The number of nitrogens with zero attached hydrogens (tertiary/aromatic N) is 4. The maximum absolute atomic E-state index is 13.4. The molecule has 2 aliphatic heterocycles. The van der Waals surface area contributed by atoms with Crippen LogP contribution in [0.4, 0.5) is 21.9 Å². The SMILES string of the molecule is CC(=O)N1CCC[C@@H](NC(=O)c2sc3nccc4c3c2NC(=O)N4c2cnc(OC(C)C)cc2C)C1. The predicted octanol–water partition coefficient (Wildman–Crippen LogP) is 4.21. The summed E-state index contributed by atoms with van der Waals surface area (Å²) < 4.78 is 5.69. The largest absolute Gasteiger partial charge is 0.475 e. The zero-order valence-corrected chi connectivity index (χ0v) is 21.4. The van der Waals surface area contributed by atoms with Gasteiger partial charge in [0.1, 0.15) is 9.71 Å². The van der Waals surface area contributed by atoms with Crippen LogP contribution in [0.1, 0.15) is 48.8 Å². The number of aryl methyl sites for hydroxylation is 1. The Kier molecular flexibility index (Phi) is 6.25. The summed E-state index contributed by atoms with van der Waals surface area (Å²) in [5, 5.41) is 6.67. The standard InChI is InChI=1S/C25H28N6O4S/c1-13(2)35-19-10-14(3)18(11-27-19)31-17-7-8-26-24-20(17)21(29-25(31)34)22(36-24)23(33)28-16-6-5-9-30(12-16)15(4)32/h7-8,10-11,13,16H,5-6,9,12H2,1-4H3,(H,28,33)(H,29,34)/t16-/m1/s1. The molecule has 5 rings (SSSR count). The number of piperidine rings is 1. The van der Waals surface area contributed by atoms with E-state index in [9.17, 15) is 14.4 Å². The van der Waals surface area contributed by atoms with Gasteiger partial charge in [0.2, 0.25) is 11.8 Å². The number of ether oxygens (including phenoxy) is 1. The third kappa shape index (κ3) is 4.34. The highest BCUT2D eigenvalue weighted by Crippen LogP contribution is 2.46. The normalized spacial score (nSPS) is 17.4. The Morgan fingerprint density at radius 3 is 2.81 bits per heavy atom. The molecule has 1 saturated heterocycles. The van der Waals surface area contributed by atoms with Crippen LogP contribution in [0.15, 0.2) is 24.5 Å². The van der Waals surface area contributed by atoms with E-state index >= 15 is 0 Å². The topological polar surface area (TPSA) is 117 Å². The Morgan fingerprint density at radius 1 is 1.28 bits per heavy atom. The van der Waals surface area contributed by atoms with Gasteiger partial charge in [0.05, 0.1) is 34.7 Å². The van der Waals surface area contributed by atoms with Crippen molar-refractivity contribution in [3.63, 3.8) is 0 Å². The van der Waals surface area contributed by atoms with Crippen molar-refractivity contribution in [2.24, 2.45) is 0 Å². The first kappa shape index (κ1) is 24.0. The van der Waals surface area contributed by atoms with E-state index in [0.717, 1.165) is 18.4 Å². The van der Waals surface area contributed by atoms with Gasteiger partial charge in [-0.15, -0.1) is 11.3 Å². The molecule has 4 amide bonds. The van der Waals surface area contributed by atoms with E-state index in [-0.39, 0.29) is 30.0 Å². The van der Waals surface area contributed by atoms with E-state index in [4.69, 9.17) is 4.74 Å². The first-order valence-electron chi connectivity index (χ1n) is 11.9. The molecule has 0 aliphatic carbocycles. The molecular weight excluding hydrogens is 480 g/mol. The van der Waals surface area contributed by atoms with E-state index in [1.54, 1.807) is 34.3 Å². The Morgan fingerprint density at radius 2 is 2.08 bits per heavy atom. The van der Waals surface area contributed by atoms with Gasteiger partial charge in [-0.3, -0.25) is 14.5 Å². The lowest BCUT2D eigenvalue weighted by Crippen LogP contribution is -2.49. The second-order valence-corrected chi connectivity index (χ2v) is 10.3. The number of likely N-dealkylation sites (tertiary alicyclic amines) is 1. The first-order valence-corrected chi connectivity index (χ1v) is 12.8. The van der Waals surface area contributed by atoms with Crippen molar-refractivity contribution in [1.29, 1.82) is 0 Å². The van der Waals surface area contributed by atoms with Crippen molar-refractivity contribution >= 4 is 56.5 Å². The summed E-state index contributed by atoms with van der Waals surface area (Å²) in [4.78, 5) is 51.6. The lowest BCUT2D eigenvalue weighted by molar-refractivity contribution is -0.130. The number of carbonyl (C=O) groups excluding carboxylic acids is 3. The molecule has 0 spiro atoms. The number of rotatable bonds is 5. The maximum atomic E-state index is 13.4. The summed E-state index contributed by atoms with van der Waals surface area (Å²) in [6.07, 6.45) is 4.86. The van der Waals surface area contributed by atoms with Crippen LogP contribution in [-0.4, -0.2) is 57.9 Å². The van der Waals surface area contributed by atoms with Crippen molar-refractivity contribution < 1.29 is 19.1 Å². The molecule has 2 aliphatic rings. The van der Waals surface area contributed by atoms with Gasteiger partial charge in [0.25, 0.3) is 5.91 Å². The molecule has 1 atom stereocenters. The number of nitrogens with one attached hydrogen (secondary N) is 2. The van der Waals surface area contributed by atoms with Crippen molar-refractivity contribution in [3.05, 3.63) is 35.0 Å². The van der Waals surface area contributed by atoms with Crippen LogP contribution in [0, 0.1) is 6.92 Å². The molecule has 36 heavy (non-hydrogen) atoms. The predicted molar refractivity (Wildman–Crippen MR) is 138 cm³/mol. The van der Waals surface area contributed by atoms with Crippen LogP contribution in [0.25, 0.3) is 10.2 Å². The highest BCUT2D eigenvalue weighted by molar-refractivity contribution is 7.21. The van der Waals surface area contributed by atoms with Crippen molar-refractivity contribution in [3.8, 4) is 5.88 Å². The molecule has 3 aromatic heterocycles. The third-order valence-electron chi connectivity index (χ3n) is 6.31. The zero-order valence-electron chi connectivity index (χ0n) is 20.6. The molecule has 188 valence electrons. The van der Waals surface area contributed by atoms with Crippen molar-refractivity contribution in [2.75, 3.05) is 23.3 Å². The van der Waals surface area contributed by atoms with Crippen LogP contribution in [0.3, 0.4) is 0 Å². The molecule has 0 aromatic carbocycles. The lowest BCUT2D eigenvalue weighted by Gasteiger charge is -2.32. The number of aromatic nitrogens is 2. The molecule has 5 heterocycles. The van der Waals surface area contributed by atoms with Gasteiger partial charge in [-0.1, -0.05) is 0 Å². The Hall–Kier alpha value is -3.73. The van der Waals surface area contributed by atoms with Crippen LogP contribution in [0.5, 0.6) is 5.88 Å². The fraction of sp³-hybridized carbons (Fsp3) is 0.400. The number of pyridine rings is 2. The number of anilines is 3. The van der Waals surface area contributed by atoms with Crippen molar-refractivity contribution in [1.82, 2.24) is 20.2 Å². The second-order valence-electron chi connectivity index (χ2n) is 9.34. The van der Waals surface area contributed by atoms with E-state index in [0.29, 0.717) is 51.1 Å². The van der Waals surface area contributed by atoms with Crippen LogP contribution in [0.2, 0.25) is 0 Å². The third-order valence-corrected chi connectivity index (χ3v) is 7.41.